The molecule has 3 heterocycles. The number of aromatic nitrogens is 5. The second kappa shape index (κ2) is 15.0. The van der Waals surface area contributed by atoms with Crippen molar-refractivity contribution in [3.8, 4) is 23.0 Å². The summed E-state index contributed by atoms with van der Waals surface area (Å²) in [7, 11) is 0. The Labute approximate surface area is 266 Å². The van der Waals surface area contributed by atoms with E-state index in [1.807, 2.05) is 47.4 Å². The highest BCUT2D eigenvalue weighted by Crippen LogP contribution is 2.27. The van der Waals surface area contributed by atoms with Gasteiger partial charge in [-0.3, -0.25) is 24.9 Å². The summed E-state index contributed by atoms with van der Waals surface area (Å²) < 4.78 is 12.1. The minimum atomic E-state index is -0.509. The van der Waals surface area contributed by atoms with Crippen LogP contribution in [0, 0.1) is 27.7 Å². The number of aryl methyl sites for hydroxylation is 2. The first-order valence-electron chi connectivity index (χ1n) is 15.0. The topological polar surface area (TPSA) is 121 Å². The molecule has 0 spiro atoms. The van der Waals surface area contributed by atoms with Gasteiger partial charge < -0.3 is 9.47 Å². The van der Waals surface area contributed by atoms with E-state index in [0.29, 0.717) is 12.4 Å². The van der Waals surface area contributed by atoms with Crippen molar-refractivity contribution < 1.29 is 19.1 Å². The summed E-state index contributed by atoms with van der Waals surface area (Å²) in [6, 6.07) is 14.3. The molecule has 0 fully saturated rings. The molecule has 0 radical (unpaired) electrons. The number of hydrogen-bond donors (Lipinski definition) is 1. The van der Waals surface area contributed by atoms with E-state index in [9.17, 15) is 9.59 Å². The number of pyridine rings is 2. The number of hydrogen-bond acceptors (Lipinski definition) is 9. The van der Waals surface area contributed by atoms with Gasteiger partial charge in [-0.2, -0.15) is 0 Å². The number of carbonyl (C=O) groups excluding carboxylic acids is 2. The van der Waals surface area contributed by atoms with E-state index in [-0.39, 0.29) is 25.0 Å². The van der Waals surface area contributed by atoms with Gasteiger partial charge in [-0.05, 0) is 109 Å². The summed E-state index contributed by atoms with van der Waals surface area (Å²) in [6.07, 6.45) is 3.64. The van der Waals surface area contributed by atoms with Gasteiger partial charge in [0.25, 0.3) is 0 Å². The van der Waals surface area contributed by atoms with E-state index in [0.717, 1.165) is 28.3 Å². The molecule has 4 rings (SSSR count). The predicted molar refractivity (Wildman–Crippen MR) is 176 cm³/mol. The van der Waals surface area contributed by atoms with Crippen LogP contribution in [-0.4, -0.2) is 61.0 Å². The third-order valence-corrected chi connectivity index (χ3v) is 6.60. The van der Waals surface area contributed by atoms with Crippen LogP contribution in [0.3, 0.4) is 0 Å². The monoisotopic (exact) mass is 614 g/mol. The van der Waals surface area contributed by atoms with E-state index < -0.39 is 11.2 Å². The van der Waals surface area contributed by atoms with Crippen LogP contribution in [0.4, 0.5) is 0 Å². The molecule has 0 saturated heterocycles. The van der Waals surface area contributed by atoms with Gasteiger partial charge in [-0.1, -0.05) is 30.3 Å². The molecular formula is C35H46N6O4. The highest BCUT2D eigenvalue weighted by Gasteiger charge is 2.20. The normalized spacial score (nSPS) is 11.4. The third kappa shape index (κ3) is 10.9. The summed E-state index contributed by atoms with van der Waals surface area (Å²) in [4.78, 5) is 36.6. The van der Waals surface area contributed by atoms with Crippen molar-refractivity contribution >= 4 is 11.9 Å². The van der Waals surface area contributed by atoms with Crippen molar-refractivity contribution in [1.29, 1.82) is 0 Å². The van der Waals surface area contributed by atoms with Crippen LogP contribution >= 0.6 is 0 Å². The number of rotatable bonds is 8. The van der Waals surface area contributed by atoms with E-state index >= 15 is 0 Å². The number of carbonyl (C=O) groups is 2. The van der Waals surface area contributed by atoms with Crippen LogP contribution in [0.5, 0.6) is 0 Å². The molecule has 0 bridgehead atoms. The molecule has 0 aliphatic carbocycles. The summed E-state index contributed by atoms with van der Waals surface area (Å²) in [6.45, 7) is 19.7. The van der Waals surface area contributed by atoms with Crippen molar-refractivity contribution in [2.45, 2.75) is 87.0 Å². The average Bonchev–Trinajstić information content (AvgIpc) is 3.33. The number of nitrogens with zero attached hydrogens (tertiary/aromatic N) is 5. The molecule has 0 saturated carbocycles. The number of ether oxygens (including phenoxy) is 2. The third-order valence-electron chi connectivity index (χ3n) is 6.60. The van der Waals surface area contributed by atoms with E-state index in [1.165, 1.54) is 16.7 Å². The molecule has 10 nitrogen and oxygen atoms in total. The van der Waals surface area contributed by atoms with Gasteiger partial charge >= 0.3 is 11.9 Å². The Morgan fingerprint density at radius 1 is 0.733 bits per heavy atom. The van der Waals surface area contributed by atoms with Crippen LogP contribution in [0.15, 0.2) is 54.9 Å². The van der Waals surface area contributed by atoms with Gasteiger partial charge in [0.2, 0.25) is 5.82 Å². The quantitative estimate of drug-likeness (QED) is 0.240. The van der Waals surface area contributed by atoms with E-state index in [4.69, 9.17) is 19.6 Å². The zero-order valence-corrected chi connectivity index (χ0v) is 28.2. The van der Waals surface area contributed by atoms with Gasteiger partial charge in [0.15, 0.2) is 5.82 Å². The Hall–Kier alpha value is -4.44. The Kier molecular flexibility index (Phi) is 11.7. The summed E-state index contributed by atoms with van der Waals surface area (Å²) in [5, 5.41) is 7.51. The SMILES string of the molecule is CC(C)(C)OC(=O)CNCC(=O)OC(C)(C)C.Cc1ccnc(-c2nc(-c3nccc(C)c3C)n(Cc3ccccc3)n2)c1C. The molecule has 0 atom stereocenters. The zero-order valence-electron chi connectivity index (χ0n) is 28.2. The molecule has 1 aromatic carbocycles. The molecule has 0 unspecified atom stereocenters. The Balaban J connectivity index is 0.000000281. The highest BCUT2D eigenvalue weighted by atomic mass is 16.6. The van der Waals surface area contributed by atoms with Gasteiger partial charge in [-0.15, -0.1) is 5.10 Å². The largest absolute Gasteiger partial charge is 0.459 e. The van der Waals surface area contributed by atoms with Crippen LogP contribution in [0.25, 0.3) is 23.0 Å². The molecule has 0 aliphatic heterocycles. The summed E-state index contributed by atoms with van der Waals surface area (Å²) in [5.41, 5.74) is 6.40. The fourth-order valence-electron chi connectivity index (χ4n) is 4.22. The van der Waals surface area contributed by atoms with Crippen molar-refractivity contribution in [3.05, 3.63) is 82.7 Å². The van der Waals surface area contributed by atoms with Crippen LogP contribution in [-0.2, 0) is 25.6 Å². The minimum absolute atomic E-state index is 0.00346. The van der Waals surface area contributed by atoms with Crippen molar-refractivity contribution in [2.24, 2.45) is 0 Å². The molecule has 45 heavy (non-hydrogen) atoms. The molecule has 10 heteroatoms. The number of esters is 2. The van der Waals surface area contributed by atoms with E-state index in [2.05, 4.69) is 55.1 Å². The minimum Gasteiger partial charge on any atom is -0.459 e. The number of benzene rings is 1. The second-order valence-corrected chi connectivity index (χ2v) is 12.9. The van der Waals surface area contributed by atoms with Crippen molar-refractivity contribution in [1.82, 2.24) is 30.0 Å². The summed E-state index contributed by atoms with van der Waals surface area (Å²) >= 11 is 0. The lowest BCUT2D eigenvalue weighted by molar-refractivity contribution is -0.155. The van der Waals surface area contributed by atoms with Crippen LogP contribution in [0.2, 0.25) is 0 Å². The van der Waals surface area contributed by atoms with Crippen molar-refractivity contribution in [3.63, 3.8) is 0 Å². The Bertz CT molecular complexity index is 1570. The predicted octanol–water partition coefficient (Wildman–Crippen LogP) is 5.94. The second-order valence-electron chi connectivity index (χ2n) is 12.9. The number of nitrogens with one attached hydrogen (secondary N) is 1. The lowest BCUT2D eigenvalue weighted by Gasteiger charge is -2.20. The first-order valence-corrected chi connectivity index (χ1v) is 15.0. The maximum absolute atomic E-state index is 11.3. The Morgan fingerprint density at radius 3 is 1.73 bits per heavy atom. The zero-order chi connectivity index (χ0) is 33.4. The van der Waals surface area contributed by atoms with Gasteiger partial charge in [-0.25, -0.2) is 9.67 Å². The maximum atomic E-state index is 11.3. The van der Waals surface area contributed by atoms with Crippen LogP contribution < -0.4 is 5.32 Å². The van der Waals surface area contributed by atoms with Gasteiger partial charge in [0, 0.05) is 12.4 Å². The molecular weight excluding hydrogens is 568 g/mol. The molecule has 1 N–H and O–H groups in total. The lowest BCUT2D eigenvalue weighted by atomic mass is 10.1. The average molecular weight is 615 g/mol. The molecule has 3 aromatic heterocycles. The van der Waals surface area contributed by atoms with Crippen LogP contribution in [0.1, 0.15) is 69.4 Å². The molecule has 0 aliphatic rings. The van der Waals surface area contributed by atoms with Crippen molar-refractivity contribution in [2.75, 3.05) is 13.1 Å². The first kappa shape index (κ1) is 35.0. The standard InChI is InChI=1S/C23H23N5.C12H23NO4/c1-15-10-12-24-20(17(15)3)22-26-23(21-18(4)16(2)11-13-25-21)28(27-22)14-19-8-6-5-7-9-19;1-11(2,3)16-9(14)7-13-8-10(15)17-12(4,5)6/h5-13H,14H2,1-4H3;13H,7-8H2,1-6H3. The molecule has 240 valence electrons. The van der Waals surface area contributed by atoms with E-state index in [1.54, 1.807) is 41.5 Å². The first-order chi connectivity index (χ1) is 21.0. The lowest BCUT2D eigenvalue weighted by Crippen LogP contribution is -2.36. The molecule has 4 aromatic rings. The van der Waals surface area contributed by atoms with Gasteiger partial charge in [0.05, 0.1) is 19.6 Å². The van der Waals surface area contributed by atoms with Gasteiger partial charge in [0.1, 0.15) is 22.6 Å². The fraction of sp³-hybridized carbons (Fsp3) is 0.429. The highest BCUT2D eigenvalue weighted by molar-refractivity contribution is 5.75. The smallest absolute Gasteiger partial charge is 0.320 e. The fourth-order valence-corrected chi connectivity index (χ4v) is 4.22. The summed E-state index contributed by atoms with van der Waals surface area (Å²) in [5.74, 6) is 0.625. The Morgan fingerprint density at radius 2 is 1.22 bits per heavy atom. The molecule has 0 amide bonds. The maximum Gasteiger partial charge on any atom is 0.320 e.